The Kier molecular flexibility index (Phi) is 5.18. The van der Waals surface area contributed by atoms with Crippen LogP contribution in [0.15, 0.2) is 53.3 Å². The van der Waals surface area contributed by atoms with E-state index in [-0.39, 0.29) is 5.56 Å². The summed E-state index contributed by atoms with van der Waals surface area (Å²) in [6.07, 6.45) is 0.547. The summed E-state index contributed by atoms with van der Waals surface area (Å²) in [5, 5.41) is 3.12. The Bertz CT molecular complexity index is 1260. The molecule has 0 spiro atoms. The second-order valence-electron chi connectivity index (χ2n) is 6.95. The van der Waals surface area contributed by atoms with Crippen LogP contribution >= 0.6 is 0 Å². The molecule has 154 valence electrons. The van der Waals surface area contributed by atoms with Gasteiger partial charge in [0.15, 0.2) is 17.1 Å². The molecular formula is C23H23N3O4. The average molecular weight is 405 g/mol. The van der Waals surface area contributed by atoms with Crippen LogP contribution in [0.25, 0.3) is 16.8 Å². The van der Waals surface area contributed by atoms with Crippen LogP contribution in [0.2, 0.25) is 0 Å². The molecule has 0 radical (unpaired) electrons. The maximum absolute atomic E-state index is 12.7. The Balaban J connectivity index is 1.81. The topological polar surface area (TPSA) is 77.9 Å². The molecule has 2 aromatic carbocycles. The lowest BCUT2D eigenvalue weighted by atomic mass is 10.1. The number of aryl methyl sites for hydroxylation is 1. The van der Waals surface area contributed by atoms with Gasteiger partial charge < -0.3 is 14.2 Å². The second-order valence-corrected chi connectivity index (χ2v) is 6.95. The highest BCUT2D eigenvalue weighted by Crippen LogP contribution is 2.34. The molecule has 0 bridgehead atoms. The predicted molar refractivity (Wildman–Crippen MR) is 115 cm³/mol. The van der Waals surface area contributed by atoms with Gasteiger partial charge >= 0.3 is 0 Å². The number of nitrogens with zero attached hydrogens (tertiary/aromatic N) is 2. The van der Waals surface area contributed by atoms with Crippen LogP contribution < -0.4 is 19.8 Å². The average Bonchev–Trinajstić information content (AvgIpc) is 3.10. The summed E-state index contributed by atoms with van der Waals surface area (Å²) in [5.74, 6) is 2.05. The van der Waals surface area contributed by atoms with Crippen molar-refractivity contribution >= 4 is 5.65 Å². The number of H-pyrrole nitrogens is 1. The van der Waals surface area contributed by atoms with E-state index >= 15 is 0 Å². The predicted octanol–water partition coefficient (Wildman–Crippen LogP) is 3.61. The fourth-order valence-electron chi connectivity index (χ4n) is 3.58. The molecule has 0 fully saturated rings. The zero-order valence-corrected chi connectivity index (χ0v) is 17.4. The molecule has 0 aliphatic carbocycles. The zero-order valence-electron chi connectivity index (χ0n) is 17.4. The van der Waals surface area contributed by atoms with Crippen molar-refractivity contribution in [2.45, 2.75) is 13.3 Å². The van der Waals surface area contributed by atoms with E-state index in [0.29, 0.717) is 29.3 Å². The largest absolute Gasteiger partial charge is 0.497 e. The molecular weight excluding hydrogens is 382 g/mol. The van der Waals surface area contributed by atoms with Crippen LogP contribution in [-0.2, 0) is 6.42 Å². The highest BCUT2D eigenvalue weighted by atomic mass is 16.5. The van der Waals surface area contributed by atoms with Crippen molar-refractivity contribution in [2.24, 2.45) is 0 Å². The number of fused-ring (bicyclic) bond motifs is 1. The zero-order chi connectivity index (χ0) is 21.3. The van der Waals surface area contributed by atoms with E-state index in [9.17, 15) is 4.79 Å². The fourth-order valence-corrected chi connectivity index (χ4v) is 3.58. The first kappa shape index (κ1) is 19.6. The first-order valence-electron chi connectivity index (χ1n) is 9.50. The standard InChI is InChI=1S/C23H23N3O4/c1-14-22(16-7-10-19(29-3)20(12-16)30-4)23-24-17(13-21(27)26(23)25-14)11-15-5-8-18(28-2)9-6-15/h5-10,12-13,25H,11H2,1-4H3. The lowest BCUT2D eigenvalue weighted by Crippen LogP contribution is -2.15. The van der Waals surface area contributed by atoms with Gasteiger partial charge in [0.1, 0.15) is 5.75 Å². The molecule has 0 saturated carbocycles. The van der Waals surface area contributed by atoms with Crippen LogP contribution in [0.5, 0.6) is 17.2 Å². The van der Waals surface area contributed by atoms with Crippen molar-refractivity contribution in [3.63, 3.8) is 0 Å². The highest BCUT2D eigenvalue weighted by Gasteiger charge is 2.17. The molecule has 0 atom stereocenters. The normalized spacial score (nSPS) is 10.9. The molecule has 0 saturated heterocycles. The van der Waals surface area contributed by atoms with Crippen LogP contribution in [0, 0.1) is 6.92 Å². The van der Waals surface area contributed by atoms with E-state index in [2.05, 4.69) is 5.10 Å². The minimum atomic E-state index is -0.154. The van der Waals surface area contributed by atoms with Gasteiger partial charge in [0.25, 0.3) is 5.56 Å². The third-order valence-electron chi connectivity index (χ3n) is 5.07. The minimum absolute atomic E-state index is 0.154. The first-order chi connectivity index (χ1) is 14.5. The molecule has 4 aromatic rings. The molecule has 0 unspecified atom stereocenters. The molecule has 1 N–H and O–H groups in total. The maximum atomic E-state index is 12.7. The van der Waals surface area contributed by atoms with E-state index in [4.69, 9.17) is 19.2 Å². The van der Waals surface area contributed by atoms with E-state index in [0.717, 1.165) is 28.1 Å². The molecule has 7 heteroatoms. The number of ether oxygens (including phenoxy) is 3. The summed E-state index contributed by atoms with van der Waals surface area (Å²) in [5.41, 5.74) is 4.75. The van der Waals surface area contributed by atoms with Gasteiger partial charge in [-0.1, -0.05) is 18.2 Å². The van der Waals surface area contributed by atoms with E-state index in [1.54, 1.807) is 27.4 Å². The highest BCUT2D eigenvalue weighted by molar-refractivity contribution is 5.81. The van der Waals surface area contributed by atoms with Crippen molar-refractivity contribution in [1.82, 2.24) is 14.6 Å². The van der Waals surface area contributed by atoms with Crippen LogP contribution in [0.1, 0.15) is 17.0 Å². The Morgan fingerprint density at radius 1 is 0.933 bits per heavy atom. The van der Waals surface area contributed by atoms with Crippen molar-refractivity contribution in [3.05, 3.63) is 75.8 Å². The molecule has 4 rings (SSSR count). The van der Waals surface area contributed by atoms with Crippen LogP contribution in [-0.4, -0.2) is 35.9 Å². The van der Waals surface area contributed by atoms with Crippen LogP contribution in [0.3, 0.4) is 0 Å². The monoisotopic (exact) mass is 405 g/mol. The molecule has 0 aliphatic heterocycles. The molecule has 2 aromatic heterocycles. The number of hydrogen-bond acceptors (Lipinski definition) is 5. The smallest absolute Gasteiger partial charge is 0.272 e. The van der Waals surface area contributed by atoms with Crippen molar-refractivity contribution in [2.75, 3.05) is 21.3 Å². The quantitative estimate of drug-likeness (QED) is 0.530. The van der Waals surface area contributed by atoms with Crippen molar-refractivity contribution in [3.8, 4) is 28.4 Å². The molecule has 30 heavy (non-hydrogen) atoms. The summed E-state index contributed by atoms with van der Waals surface area (Å²) in [6.45, 7) is 1.92. The molecule has 0 aliphatic rings. The van der Waals surface area contributed by atoms with Gasteiger partial charge in [-0.05, 0) is 42.3 Å². The van der Waals surface area contributed by atoms with Gasteiger partial charge in [-0.25, -0.2) is 9.50 Å². The fraction of sp³-hybridized carbons (Fsp3) is 0.217. The SMILES string of the molecule is COc1ccc(Cc2cc(=O)n3[nH]c(C)c(-c4ccc(OC)c(OC)c4)c3n2)cc1. The van der Waals surface area contributed by atoms with Crippen molar-refractivity contribution < 1.29 is 14.2 Å². The first-order valence-corrected chi connectivity index (χ1v) is 9.50. The summed E-state index contributed by atoms with van der Waals surface area (Å²) in [4.78, 5) is 17.5. The summed E-state index contributed by atoms with van der Waals surface area (Å²) >= 11 is 0. The maximum Gasteiger partial charge on any atom is 0.272 e. The van der Waals surface area contributed by atoms with Gasteiger partial charge in [0, 0.05) is 23.7 Å². The van der Waals surface area contributed by atoms with Gasteiger partial charge in [-0.15, -0.1) is 0 Å². The Hall–Kier alpha value is -3.74. The van der Waals surface area contributed by atoms with Crippen LogP contribution in [0.4, 0.5) is 0 Å². The van der Waals surface area contributed by atoms with Gasteiger partial charge in [0.05, 0.1) is 27.0 Å². The minimum Gasteiger partial charge on any atom is -0.497 e. The lowest BCUT2D eigenvalue weighted by molar-refractivity contribution is 0.355. The van der Waals surface area contributed by atoms with E-state index in [1.807, 2.05) is 49.4 Å². The second kappa shape index (κ2) is 7.94. The number of rotatable bonds is 6. The number of hydrogen-bond donors (Lipinski definition) is 1. The summed E-state index contributed by atoms with van der Waals surface area (Å²) in [6, 6.07) is 15.0. The number of aromatic amines is 1. The summed E-state index contributed by atoms with van der Waals surface area (Å²) < 4.78 is 17.5. The number of nitrogens with one attached hydrogen (secondary N) is 1. The van der Waals surface area contributed by atoms with E-state index in [1.165, 1.54) is 4.52 Å². The Morgan fingerprint density at radius 3 is 2.33 bits per heavy atom. The Labute approximate surface area is 173 Å². The van der Waals surface area contributed by atoms with Gasteiger partial charge in [0.2, 0.25) is 0 Å². The van der Waals surface area contributed by atoms with Crippen molar-refractivity contribution in [1.29, 1.82) is 0 Å². The third-order valence-corrected chi connectivity index (χ3v) is 5.07. The molecule has 7 nitrogen and oxygen atoms in total. The van der Waals surface area contributed by atoms with Gasteiger partial charge in [-0.2, -0.15) is 0 Å². The van der Waals surface area contributed by atoms with Gasteiger partial charge in [-0.3, -0.25) is 9.89 Å². The Morgan fingerprint density at radius 2 is 1.67 bits per heavy atom. The van der Waals surface area contributed by atoms with E-state index < -0.39 is 0 Å². The number of methoxy groups -OCH3 is 3. The number of benzene rings is 2. The molecule has 0 amide bonds. The lowest BCUT2D eigenvalue weighted by Gasteiger charge is -2.09. The molecule has 2 heterocycles. The third kappa shape index (κ3) is 3.50. The summed E-state index contributed by atoms with van der Waals surface area (Å²) in [7, 11) is 4.83. The number of aromatic nitrogens is 3.